The number of nitriles is 1. The summed E-state index contributed by atoms with van der Waals surface area (Å²) in [5, 5.41) is 11.6. The van der Waals surface area contributed by atoms with Crippen LogP contribution >= 0.6 is 0 Å². The van der Waals surface area contributed by atoms with E-state index in [-0.39, 0.29) is 24.2 Å². The lowest BCUT2D eigenvalue weighted by Gasteiger charge is -2.17. The van der Waals surface area contributed by atoms with Gasteiger partial charge in [-0.05, 0) is 48.4 Å². The van der Waals surface area contributed by atoms with Crippen LogP contribution in [0, 0.1) is 17.2 Å². The summed E-state index contributed by atoms with van der Waals surface area (Å²) in [7, 11) is 0. The van der Waals surface area contributed by atoms with Crippen LogP contribution in [0.25, 0.3) is 0 Å². The zero-order chi connectivity index (χ0) is 17.8. The van der Waals surface area contributed by atoms with Gasteiger partial charge >= 0.3 is 0 Å². The van der Waals surface area contributed by atoms with Crippen molar-refractivity contribution in [3.8, 4) is 6.07 Å². The van der Waals surface area contributed by atoms with E-state index in [9.17, 15) is 9.59 Å². The molecule has 1 atom stereocenters. The van der Waals surface area contributed by atoms with Crippen molar-refractivity contribution in [3.05, 3.63) is 59.7 Å². The molecule has 1 N–H and O–H groups in total. The molecule has 0 unspecified atom stereocenters. The number of nitrogens with zero attached hydrogens (tertiary/aromatic N) is 2. The van der Waals surface area contributed by atoms with Crippen LogP contribution in [0.2, 0.25) is 0 Å². The summed E-state index contributed by atoms with van der Waals surface area (Å²) >= 11 is 0. The molecule has 126 valence electrons. The fourth-order valence-electron chi connectivity index (χ4n) is 2.92. The molecule has 25 heavy (non-hydrogen) atoms. The van der Waals surface area contributed by atoms with Gasteiger partial charge in [0.05, 0.1) is 17.6 Å². The molecule has 3 rings (SSSR count). The van der Waals surface area contributed by atoms with Gasteiger partial charge in [0.1, 0.15) is 0 Å². The van der Waals surface area contributed by atoms with Crippen LogP contribution in [0.1, 0.15) is 24.5 Å². The normalized spacial score (nSPS) is 16.6. The van der Waals surface area contributed by atoms with Gasteiger partial charge in [0.25, 0.3) is 0 Å². The first-order valence-electron chi connectivity index (χ1n) is 8.31. The standard InChI is InChI=1S/C20H19N3O2/c1-2-14-5-9-18(10-6-14)23-13-16(11-19(23)24)20(25)22-17-7-3-15(12-21)4-8-17/h3-10,16H,2,11,13H2,1H3,(H,22,25)/t16-/m0/s1. The minimum absolute atomic E-state index is 0.0378. The molecule has 5 heteroatoms. The Morgan fingerprint density at radius 1 is 1.20 bits per heavy atom. The Kier molecular flexibility index (Phi) is 4.80. The molecule has 1 heterocycles. The molecule has 2 aromatic rings. The van der Waals surface area contributed by atoms with Crippen molar-refractivity contribution < 1.29 is 9.59 Å². The van der Waals surface area contributed by atoms with Crippen molar-refractivity contribution in [1.82, 2.24) is 0 Å². The van der Waals surface area contributed by atoms with Gasteiger partial charge in [-0.15, -0.1) is 0 Å². The van der Waals surface area contributed by atoms with Crippen molar-refractivity contribution in [2.45, 2.75) is 19.8 Å². The third-order valence-electron chi connectivity index (χ3n) is 4.43. The number of hydrogen-bond acceptors (Lipinski definition) is 3. The molecule has 0 radical (unpaired) electrons. The summed E-state index contributed by atoms with van der Waals surface area (Å²) in [6.07, 6.45) is 1.15. The summed E-state index contributed by atoms with van der Waals surface area (Å²) in [5.74, 6) is -0.594. The number of nitrogens with one attached hydrogen (secondary N) is 1. The van der Waals surface area contributed by atoms with E-state index >= 15 is 0 Å². The van der Waals surface area contributed by atoms with Gasteiger partial charge in [-0.2, -0.15) is 5.26 Å². The predicted octanol–water partition coefficient (Wildman–Crippen LogP) is 3.11. The Labute approximate surface area is 146 Å². The number of carbonyl (C=O) groups is 2. The lowest BCUT2D eigenvalue weighted by Crippen LogP contribution is -2.28. The van der Waals surface area contributed by atoms with Crippen LogP contribution in [0.15, 0.2) is 48.5 Å². The first kappa shape index (κ1) is 16.7. The van der Waals surface area contributed by atoms with Gasteiger partial charge in [-0.3, -0.25) is 9.59 Å². The Morgan fingerprint density at radius 2 is 1.88 bits per heavy atom. The minimum atomic E-state index is -0.381. The summed E-state index contributed by atoms with van der Waals surface area (Å²) in [5.41, 5.74) is 3.21. The SMILES string of the molecule is CCc1ccc(N2C[C@@H](C(=O)Nc3ccc(C#N)cc3)CC2=O)cc1. The van der Waals surface area contributed by atoms with E-state index < -0.39 is 0 Å². The zero-order valence-corrected chi connectivity index (χ0v) is 14.0. The average molecular weight is 333 g/mol. The summed E-state index contributed by atoms with van der Waals surface area (Å²) < 4.78 is 0. The molecular weight excluding hydrogens is 314 g/mol. The smallest absolute Gasteiger partial charge is 0.229 e. The third kappa shape index (κ3) is 3.69. The van der Waals surface area contributed by atoms with E-state index in [4.69, 9.17) is 5.26 Å². The van der Waals surface area contributed by atoms with Crippen molar-refractivity contribution in [1.29, 1.82) is 5.26 Å². The molecule has 2 amide bonds. The molecule has 0 bridgehead atoms. The number of benzene rings is 2. The molecule has 1 aliphatic heterocycles. The highest BCUT2D eigenvalue weighted by molar-refractivity contribution is 6.03. The van der Waals surface area contributed by atoms with Crippen LogP contribution in [0.5, 0.6) is 0 Å². The van der Waals surface area contributed by atoms with Gasteiger partial charge < -0.3 is 10.2 Å². The monoisotopic (exact) mass is 333 g/mol. The Hall–Kier alpha value is -3.13. The second kappa shape index (κ2) is 7.18. The number of amides is 2. The van der Waals surface area contributed by atoms with Crippen LogP contribution in [-0.2, 0) is 16.0 Å². The molecule has 1 aliphatic rings. The molecule has 0 spiro atoms. The first-order chi connectivity index (χ1) is 12.1. The molecule has 2 aromatic carbocycles. The van der Waals surface area contributed by atoms with E-state index in [1.54, 1.807) is 29.2 Å². The number of anilines is 2. The van der Waals surface area contributed by atoms with Gasteiger partial charge in [0.15, 0.2) is 0 Å². The molecule has 1 saturated heterocycles. The molecule has 0 saturated carbocycles. The van der Waals surface area contributed by atoms with Gasteiger partial charge in [-0.1, -0.05) is 19.1 Å². The van der Waals surface area contributed by atoms with Crippen molar-refractivity contribution in [2.75, 3.05) is 16.8 Å². The second-order valence-corrected chi connectivity index (χ2v) is 6.10. The number of carbonyl (C=O) groups excluding carboxylic acids is 2. The van der Waals surface area contributed by atoms with E-state index in [0.29, 0.717) is 17.8 Å². The largest absolute Gasteiger partial charge is 0.326 e. The van der Waals surface area contributed by atoms with E-state index in [2.05, 4.69) is 12.2 Å². The predicted molar refractivity (Wildman–Crippen MR) is 96.1 cm³/mol. The first-order valence-corrected chi connectivity index (χ1v) is 8.31. The maximum absolute atomic E-state index is 12.4. The Balaban J connectivity index is 1.66. The highest BCUT2D eigenvalue weighted by Gasteiger charge is 2.35. The van der Waals surface area contributed by atoms with Gasteiger partial charge in [-0.25, -0.2) is 0 Å². The Morgan fingerprint density at radius 3 is 2.48 bits per heavy atom. The van der Waals surface area contributed by atoms with Crippen LogP contribution in [0.3, 0.4) is 0 Å². The van der Waals surface area contributed by atoms with Gasteiger partial charge in [0, 0.05) is 24.3 Å². The lowest BCUT2D eigenvalue weighted by molar-refractivity contribution is -0.122. The topological polar surface area (TPSA) is 73.2 Å². The summed E-state index contributed by atoms with van der Waals surface area (Å²) in [6.45, 7) is 2.46. The fraction of sp³-hybridized carbons (Fsp3) is 0.250. The molecule has 0 aliphatic carbocycles. The van der Waals surface area contributed by atoms with E-state index in [0.717, 1.165) is 12.1 Å². The number of rotatable bonds is 4. The second-order valence-electron chi connectivity index (χ2n) is 6.10. The molecule has 5 nitrogen and oxygen atoms in total. The van der Waals surface area contributed by atoms with Crippen molar-refractivity contribution in [2.24, 2.45) is 5.92 Å². The maximum Gasteiger partial charge on any atom is 0.229 e. The maximum atomic E-state index is 12.4. The Bertz CT molecular complexity index is 820. The third-order valence-corrected chi connectivity index (χ3v) is 4.43. The summed E-state index contributed by atoms with van der Waals surface area (Å²) in [6, 6.07) is 16.6. The average Bonchev–Trinajstić information content (AvgIpc) is 3.04. The number of hydrogen-bond donors (Lipinski definition) is 1. The fourth-order valence-corrected chi connectivity index (χ4v) is 2.92. The highest BCUT2D eigenvalue weighted by Crippen LogP contribution is 2.26. The molecular formula is C20H19N3O2. The van der Waals surface area contributed by atoms with Crippen LogP contribution < -0.4 is 10.2 Å². The van der Waals surface area contributed by atoms with E-state index in [1.807, 2.05) is 30.3 Å². The summed E-state index contributed by atoms with van der Waals surface area (Å²) in [4.78, 5) is 26.4. The highest BCUT2D eigenvalue weighted by atomic mass is 16.2. The van der Waals surface area contributed by atoms with Gasteiger partial charge in [0.2, 0.25) is 11.8 Å². The lowest BCUT2D eigenvalue weighted by atomic mass is 10.1. The van der Waals surface area contributed by atoms with Crippen molar-refractivity contribution in [3.63, 3.8) is 0 Å². The van der Waals surface area contributed by atoms with E-state index in [1.165, 1.54) is 5.56 Å². The van der Waals surface area contributed by atoms with Crippen molar-refractivity contribution >= 4 is 23.2 Å². The molecule has 0 aromatic heterocycles. The zero-order valence-electron chi connectivity index (χ0n) is 14.0. The number of aryl methyl sites for hydroxylation is 1. The molecule has 1 fully saturated rings. The minimum Gasteiger partial charge on any atom is -0.326 e. The van der Waals surface area contributed by atoms with Crippen LogP contribution in [0.4, 0.5) is 11.4 Å². The van der Waals surface area contributed by atoms with Crippen LogP contribution in [-0.4, -0.2) is 18.4 Å². The quantitative estimate of drug-likeness (QED) is 0.934.